The Kier molecular flexibility index (Phi) is 7.03. The van der Waals surface area contributed by atoms with Crippen LogP contribution in [0.1, 0.15) is 0 Å². The van der Waals surface area contributed by atoms with Crippen molar-refractivity contribution < 1.29 is 8.83 Å². The van der Waals surface area contributed by atoms with Crippen LogP contribution in [-0.4, -0.2) is 15.0 Å². The summed E-state index contributed by atoms with van der Waals surface area (Å²) in [6.45, 7) is 0. The van der Waals surface area contributed by atoms with Gasteiger partial charge in [0.05, 0.1) is 5.56 Å². The molecule has 57 heavy (non-hydrogen) atoms. The summed E-state index contributed by atoms with van der Waals surface area (Å²) in [6, 6.07) is 60.9. The van der Waals surface area contributed by atoms with Gasteiger partial charge >= 0.3 is 0 Å². The van der Waals surface area contributed by atoms with E-state index in [-0.39, 0.29) is 0 Å². The van der Waals surface area contributed by atoms with Crippen LogP contribution < -0.4 is 0 Å². The predicted molar refractivity (Wildman–Crippen MR) is 234 cm³/mol. The third kappa shape index (κ3) is 5.12. The van der Waals surface area contributed by atoms with Crippen molar-refractivity contribution in [2.45, 2.75) is 0 Å². The molecule has 0 saturated carbocycles. The van der Waals surface area contributed by atoms with Gasteiger partial charge < -0.3 is 8.83 Å². The Morgan fingerprint density at radius 3 is 1.74 bits per heavy atom. The quantitative estimate of drug-likeness (QED) is 0.175. The first-order chi connectivity index (χ1) is 28.2. The van der Waals surface area contributed by atoms with Gasteiger partial charge in [0.15, 0.2) is 17.5 Å². The van der Waals surface area contributed by atoms with Crippen molar-refractivity contribution in [3.63, 3.8) is 0 Å². The summed E-state index contributed by atoms with van der Waals surface area (Å²) < 4.78 is 15.7. The van der Waals surface area contributed by atoms with Gasteiger partial charge in [-0.2, -0.15) is 0 Å². The van der Waals surface area contributed by atoms with Gasteiger partial charge in [-0.15, -0.1) is 11.3 Å². The van der Waals surface area contributed by atoms with Gasteiger partial charge in [-0.25, -0.2) is 15.0 Å². The fourth-order valence-corrected chi connectivity index (χ4v) is 9.40. The second-order valence-electron chi connectivity index (χ2n) is 14.3. The van der Waals surface area contributed by atoms with Crippen molar-refractivity contribution >= 4 is 75.4 Å². The van der Waals surface area contributed by atoms with E-state index < -0.39 is 0 Å². The van der Waals surface area contributed by atoms with Crippen LogP contribution in [0.2, 0.25) is 0 Å². The van der Waals surface area contributed by atoms with Crippen LogP contribution in [0.25, 0.3) is 120 Å². The zero-order valence-electron chi connectivity index (χ0n) is 30.3. The molecule has 0 aliphatic rings. The average Bonchev–Trinajstić information content (AvgIpc) is 3.98. The number of benzene rings is 8. The van der Waals surface area contributed by atoms with E-state index in [1.807, 2.05) is 78.1 Å². The Bertz CT molecular complexity index is 3530. The smallest absolute Gasteiger partial charge is 0.167 e. The highest BCUT2D eigenvalue weighted by Crippen LogP contribution is 2.44. The van der Waals surface area contributed by atoms with Crippen molar-refractivity contribution in [3.05, 3.63) is 176 Å². The molecule has 0 N–H and O–H groups in total. The maximum absolute atomic E-state index is 6.70. The van der Waals surface area contributed by atoms with E-state index >= 15 is 0 Å². The van der Waals surface area contributed by atoms with Crippen molar-refractivity contribution in [1.82, 2.24) is 15.0 Å². The molecule has 4 aromatic heterocycles. The second-order valence-corrected chi connectivity index (χ2v) is 15.4. The Morgan fingerprint density at radius 1 is 0.333 bits per heavy atom. The molecule has 12 aromatic rings. The van der Waals surface area contributed by atoms with Gasteiger partial charge in [-0.3, -0.25) is 0 Å². The van der Waals surface area contributed by atoms with Gasteiger partial charge in [0.25, 0.3) is 0 Å². The van der Waals surface area contributed by atoms with Crippen LogP contribution in [0.3, 0.4) is 0 Å². The van der Waals surface area contributed by atoms with Crippen LogP contribution in [0.5, 0.6) is 0 Å². The summed E-state index contributed by atoms with van der Waals surface area (Å²) >= 11 is 1.84. The van der Waals surface area contributed by atoms with Crippen LogP contribution in [0, 0.1) is 0 Å². The molecule has 0 radical (unpaired) electrons. The number of fused-ring (bicyclic) bond motifs is 9. The standard InChI is InChI=1S/C51H29N3O2S/c1-2-11-31(12-3-1)49-52-50(54-51(53-49)41-17-10-16-39-36-13-4-7-18-42(36)55-47(39)41)32-23-21-30(22-24-32)35-28-27-34(46-40-15-5-8-19-43(40)56-48(35)46)33-25-26-38-37-14-6-9-20-44(37)57-45(38)29-33/h1-29H. The summed E-state index contributed by atoms with van der Waals surface area (Å²) in [6.07, 6.45) is 0. The summed E-state index contributed by atoms with van der Waals surface area (Å²) in [7, 11) is 0. The number of aromatic nitrogens is 3. The fourth-order valence-electron chi connectivity index (χ4n) is 8.25. The first kappa shape index (κ1) is 31.9. The minimum absolute atomic E-state index is 0.556. The summed E-state index contributed by atoms with van der Waals surface area (Å²) in [5.74, 6) is 1.74. The van der Waals surface area contributed by atoms with Crippen molar-refractivity contribution in [3.8, 4) is 56.4 Å². The summed E-state index contributed by atoms with van der Waals surface area (Å²) in [5.41, 5.74) is 10.3. The van der Waals surface area contributed by atoms with Crippen molar-refractivity contribution in [2.24, 2.45) is 0 Å². The predicted octanol–water partition coefficient (Wildman–Crippen LogP) is 14.4. The molecule has 6 heteroatoms. The fraction of sp³-hybridized carbons (Fsp3) is 0. The van der Waals surface area contributed by atoms with Gasteiger partial charge in [-0.05, 0) is 53.1 Å². The van der Waals surface area contributed by atoms with Gasteiger partial charge in [0, 0.05) is 58.4 Å². The highest BCUT2D eigenvalue weighted by atomic mass is 32.1. The molecular weight excluding hydrogens is 719 g/mol. The van der Waals surface area contributed by atoms with E-state index in [2.05, 4.69) is 109 Å². The lowest BCUT2D eigenvalue weighted by atomic mass is 9.94. The maximum atomic E-state index is 6.70. The molecule has 0 amide bonds. The Balaban J connectivity index is 0.986. The molecule has 5 nitrogen and oxygen atoms in total. The van der Waals surface area contributed by atoms with Crippen LogP contribution in [0.15, 0.2) is 185 Å². The highest BCUT2D eigenvalue weighted by Gasteiger charge is 2.20. The zero-order valence-corrected chi connectivity index (χ0v) is 31.1. The normalized spacial score (nSPS) is 11.9. The van der Waals surface area contributed by atoms with Crippen LogP contribution in [-0.2, 0) is 0 Å². The molecule has 12 rings (SSSR count). The zero-order chi connectivity index (χ0) is 37.5. The van der Waals surface area contributed by atoms with Gasteiger partial charge in [0.2, 0.25) is 0 Å². The molecule has 0 saturated heterocycles. The molecule has 4 heterocycles. The molecule has 8 aromatic carbocycles. The van der Waals surface area contributed by atoms with Gasteiger partial charge in [0.1, 0.15) is 22.3 Å². The second kappa shape index (κ2) is 12.6. The van der Waals surface area contributed by atoms with Crippen LogP contribution >= 0.6 is 11.3 Å². The Labute approximate surface area is 330 Å². The minimum Gasteiger partial charge on any atom is -0.455 e. The summed E-state index contributed by atoms with van der Waals surface area (Å²) in [5, 5.41) is 6.89. The van der Waals surface area contributed by atoms with Gasteiger partial charge in [-0.1, -0.05) is 140 Å². The first-order valence-corrected chi connectivity index (χ1v) is 19.7. The highest BCUT2D eigenvalue weighted by molar-refractivity contribution is 7.25. The van der Waals surface area contributed by atoms with E-state index in [0.717, 1.165) is 77.3 Å². The first-order valence-electron chi connectivity index (χ1n) is 18.9. The van der Waals surface area contributed by atoms with Crippen LogP contribution in [0.4, 0.5) is 0 Å². The molecule has 266 valence electrons. The number of rotatable bonds is 5. The third-order valence-electron chi connectivity index (χ3n) is 11.0. The number of para-hydroxylation sites is 3. The monoisotopic (exact) mass is 747 g/mol. The molecule has 0 fully saturated rings. The lowest BCUT2D eigenvalue weighted by Crippen LogP contribution is -2.00. The number of thiophene rings is 1. The SMILES string of the molecule is c1ccc(-c2nc(-c3ccc(-c4ccc(-c5ccc6c(c5)sc5ccccc56)c5c4oc4ccccc45)cc3)nc(-c3cccc4c3oc3ccccc34)n2)cc1. The lowest BCUT2D eigenvalue weighted by molar-refractivity contribution is 0.669. The number of hydrogen-bond donors (Lipinski definition) is 0. The van der Waals surface area contributed by atoms with E-state index in [9.17, 15) is 0 Å². The summed E-state index contributed by atoms with van der Waals surface area (Å²) in [4.78, 5) is 15.1. The molecule has 0 aliphatic heterocycles. The molecule has 0 bridgehead atoms. The molecular formula is C51H29N3O2S. The topological polar surface area (TPSA) is 65.0 Å². The van der Waals surface area contributed by atoms with Crippen molar-refractivity contribution in [1.29, 1.82) is 0 Å². The van der Waals surface area contributed by atoms with E-state index in [0.29, 0.717) is 17.5 Å². The van der Waals surface area contributed by atoms with E-state index in [1.165, 1.54) is 25.7 Å². The molecule has 0 atom stereocenters. The van der Waals surface area contributed by atoms with Crippen molar-refractivity contribution in [2.75, 3.05) is 0 Å². The number of nitrogens with zero attached hydrogens (tertiary/aromatic N) is 3. The van der Waals surface area contributed by atoms with E-state index in [1.54, 1.807) is 0 Å². The average molecular weight is 748 g/mol. The van der Waals surface area contributed by atoms with E-state index in [4.69, 9.17) is 23.8 Å². The number of hydrogen-bond acceptors (Lipinski definition) is 6. The maximum Gasteiger partial charge on any atom is 0.167 e. The number of furan rings is 2. The molecule has 0 spiro atoms. The Hall–Kier alpha value is -7.41. The lowest BCUT2D eigenvalue weighted by Gasteiger charge is -2.11. The third-order valence-corrected chi connectivity index (χ3v) is 12.1. The Morgan fingerprint density at radius 2 is 0.912 bits per heavy atom. The largest absolute Gasteiger partial charge is 0.455 e. The molecule has 0 unspecified atom stereocenters. The minimum atomic E-state index is 0.556. The molecule has 0 aliphatic carbocycles.